The van der Waals surface area contributed by atoms with E-state index in [2.05, 4.69) is 12.3 Å². The van der Waals surface area contributed by atoms with Crippen molar-refractivity contribution in [3.05, 3.63) is 52.2 Å². The third kappa shape index (κ3) is 5.49. The average molecular weight is 466 g/mol. The van der Waals surface area contributed by atoms with Crippen molar-refractivity contribution >= 4 is 39.3 Å². The molecular formula is C20H23N3O6S2. The number of carbonyl (C=O) groups is 3. The van der Waals surface area contributed by atoms with E-state index >= 15 is 0 Å². The van der Waals surface area contributed by atoms with E-state index in [9.17, 15) is 22.8 Å². The number of esters is 1. The lowest BCUT2D eigenvalue weighted by molar-refractivity contribution is 0.0498. The SMILES string of the molecule is CC1CCN(S(=O)(=O)c2cccc(C(=O)NN(C)C(=O)OC(=O)c3ccsc3)c2)CC1. The van der Waals surface area contributed by atoms with Crippen LogP contribution in [0.3, 0.4) is 0 Å². The van der Waals surface area contributed by atoms with Crippen LogP contribution in [0.15, 0.2) is 46.0 Å². The molecule has 31 heavy (non-hydrogen) atoms. The fourth-order valence-corrected chi connectivity index (χ4v) is 5.16. The van der Waals surface area contributed by atoms with Crippen molar-refractivity contribution < 1.29 is 27.5 Å². The second kappa shape index (κ2) is 9.58. The molecule has 0 saturated carbocycles. The number of amides is 2. The molecular weight excluding hydrogens is 442 g/mol. The zero-order valence-electron chi connectivity index (χ0n) is 17.1. The molecule has 166 valence electrons. The molecule has 0 aliphatic carbocycles. The largest absolute Gasteiger partial charge is 0.436 e. The van der Waals surface area contributed by atoms with Crippen LogP contribution in [-0.4, -0.2) is 55.8 Å². The Balaban J connectivity index is 1.65. The van der Waals surface area contributed by atoms with E-state index in [1.165, 1.54) is 58.4 Å². The van der Waals surface area contributed by atoms with Gasteiger partial charge in [-0.3, -0.25) is 10.2 Å². The van der Waals surface area contributed by atoms with Crippen LogP contribution in [0.4, 0.5) is 4.79 Å². The molecule has 1 aromatic carbocycles. The average Bonchev–Trinajstić information content (AvgIpc) is 3.29. The maximum Gasteiger partial charge on any atom is 0.436 e. The first-order valence-corrected chi connectivity index (χ1v) is 12.0. The molecule has 1 fully saturated rings. The van der Waals surface area contributed by atoms with Crippen molar-refractivity contribution in [3.63, 3.8) is 0 Å². The second-order valence-corrected chi connectivity index (χ2v) is 10.00. The van der Waals surface area contributed by atoms with E-state index in [1.807, 2.05) is 0 Å². The van der Waals surface area contributed by atoms with Gasteiger partial charge in [0.2, 0.25) is 10.0 Å². The summed E-state index contributed by atoms with van der Waals surface area (Å²) in [5, 5.41) is 3.92. The second-order valence-electron chi connectivity index (χ2n) is 7.28. The quantitative estimate of drug-likeness (QED) is 0.422. The van der Waals surface area contributed by atoms with Crippen molar-refractivity contribution in [1.82, 2.24) is 14.7 Å². The maximum atomic E-state index is 12.9. The predicted molar refractivity (Wildman–Crippen MR) is 114 cm³/mol. The molecule has 9 nitrogen and oxygen atoms in total. The minimum absolute atomic E-state index is 0.00701. The Morgan fingerprint density at radius 1 is 1.16 bits per heavy atom. The van der Waals surface area contributed by atoms with Crippen molar-refractivity contribution in [2.45, 2.75) is 24.7 Å². The molecule has 2 heterocycles. The molecule has 1 aliphatic heterocycles. The molecule has 3 rings (SSSR count). The highest BCUT2D eigenvalue weighted by Gasteiger charge is 2.28. The number of carbonyl (C=O) groups excluding carboxylic acids is 3. The van der Waals surface area contributed by atoms with E-state index in [1.54, 1.807) is 5.38 Å². The Labute approximate surface area is 184 Å². The van der Waals surface area contributed by atoms with Gasteiger partial charge in [-0.05, 0) is 48.4 Å². The summed E-state index contributed by atoms with van der Waals surface area (Å²) in [6, 6.07) is 7.10. The molecule has 0 atom stereocenters. The fraction of sp³-hybridized carbons (Fsp3) is 0.350. The Bertz CT molecular complexity index is 1060. The zero-order valence-corrected chi connectivity index (χ0v) is 18.7. The number of nitrogens with one attached hydrogen (secondary N) is 1. The third-order valence-electron chi connectivity index (χ3n) is 4.96. The van der Waals surface area contributed by atoms with Crippen LogP contribution in [0.5, 0.6) is 0 Å². The fourth-order valence-electron chi connectivity index (χ4n) is 3.02. The molecule has 1 N–H and O–H groups in total. The van der Waals surface area contributed by atoms with Crippen LogP contribution in [0, 0.1) is 5.92 Å². The first kappa shape index (κ1) is 22.9. The lowest BCUT2D eigenvalue weighted by Gasteiger charge is -2.29. The topological polar surface area (TPSA) is 113 Å². The minimum atomic E-state index is -3.72. The van der Waals surface area contributed by atoms with E-state index in [0.717, 1.165) is 17.9 Å². The Morgan fingerprint density at radius 3 is 2.52 bits per heavy atom. The van der Waals surface area contributed by atoms with Crippen molar-refractivity contribution in [2.24, 2.45) is 5.92 Å². The van der Waals surface area contributed by atoms with Gasteiger partial charge in [0.25, 0.3) is 5.91 Å². The van der Waals surface area contributed by atoms with Crippen LogP contribution in [0.1, 0.15) is 40.5 Å². The van der Waals surface area contributed by atoms with Gasteiger partial charge in [-0.25, -0.2) is 23.0 Å². The number of hydrogen-bond donors (Lipinski definition) is 1. The lowest BCUT2D eigenvalue weighted by atomic mass is 10.0. The number of ether oxygens (including phenoxy) is 1. The Kier molecular flexibility index (Phi) is 7.08. The van der Waals surface area contributed by atoms with Gasteiger partial charge < -0.3 is 4.74 Å². The van der Waals surface area contributed by atoms with Gasteiger partial charge in [-0.1, -0.05) is 13.0 Å². The third-order valence-corrected chi connectivity index (χ3v) is 7.53. The number of thiophene rings is 1. The van der Waals surface area contributed by atoms with E-state index < -0.39 is 28.0 Å². The smallest absolute Gasteiger partial charge is 0.371 e. The maximum absolute atomic E-state index is 12.9. The number of nitrogens with zero attached hydrogens (tertiary/aromatic N) is 2. The molecule has 0 spiro atoms. The van der Waals surface area contributed by atoms with Crippen LogP contribution in [0.25, 0.3) is 0 Å². The summed E-state index contributed by atoms with van der Waals surface area (Å²) in [6.07, 6.45) is 0.503. The Hall–Kier alpha value is -2.76. The summed E-state index contributed by atoms with van der Waals surface area (Å²) in [5.74, 6) is -1.08. The minimum Gasteiger partial charge on any atom is -0.371 e. The summed E-state index contributed by atoms with van der Waals surface area (Å²) in [5.41, 5.74) is 2.55. The number of hydrazine groups is 1. The highest BCUT2D eigenvalue weighted by molar-refractivity contribution is 7.89. The van der Waals surface area contributed by atoms with Crippen LogP contribution in [0.2, 0.25) is 0 Å². The van der Waals surface area contributed by atoms with Gasteiger partial charge >= 0.3 is 12.1 Å². The summed E-state index contributed by atoms with van der Waals surface area (Å²) in [7, 11) is -2.50. The van der Waals surface area contributed by atoms with Gasteiger partial charge in [0.1, 0.15) is 0 Å². The van der Waals surface area contributed by atoms with Crippen LogP contribution in [-0.2, 0) is 14.8 Å². The summed E-state index contributed by atoms with van der Waals surface area (Å²) in [4.78, 5) is 36.4. The highest BCUT2D eigenvalue weighted by Crippen LogP contribution is 2.24. The van der Waals surface area contributed by atoms with Crippen LogP contribution >= 0.6 is 11.3 Å². The first-order chi connectivity index (χ1) is 14.7. The van der Waals surface area contributed by atoms with Gasteiger partial charge in [0.15, 0.2) is 0 Å². The molecule has 0 bridgehead atoms. The van der Waals surface area contributed by atoms with Gasteiger partial charge in [0, 0.05) is 31.1 Å². The van der Waals surface area contributed by atoms with E-state index in [-0.39, 0.29) is 16.0 Å². The number of sulfonamides is 1. The molecule has 2 amide bonds. The standard InChI is InChI=1S/C20H23N3O6S2/c1-14-6-9-23(10-7-14)31(27,28)17-5-3-4-15(12-17)18(24)21-22(2)20(26)29-19(25)16-8-11-30-13-16/h3-5,8,11-14H,6-7,9-10H2,1-2H3,(H,21,24). The molecule has 1 aliphatic rings. The summed E-state index contributed by atoms with van der Waals surface area (Å²) < 4.78 is 31.9. The van der Waals surface area contributed by atoms with Crippen molar-refractivity contribution in [3.8, 4) is 0 Å². The number of rotatable bonds is 4. The van der Waals surface area contributed by atoms with E-state index in [4.69, 9.17) is 4.74 Å². The predicted octanol–water partition coefficient (Wildman–Crippen LogP) is 2.72. The molecule has 2 aromatic rings. The van der Waals surface area contributed by atoms with Gasteiger partial charge in [0.05, 0.1) is 10.5 Å². The normalized spacial score (nSPS) is 15.3. The summed E-state index contributed by atoms with van der Waals surface area (Å²) >= 11 is 1.28. The highest BCUT2D eigenvalue weighted by atomic mass is 32.2. The van der Waals surface area contributed by atoms with Crippen LogP contribution < -0.4 is 5.43 Å². The monoisotopic (exact) mass is 465 g/mol. The van der Waals surface area contributed by atoms with Gasteiger partial charge in [-0.2, -0.15) is 15.6 Å². The number of benzene rings is 1. The van der Waals surface area contributed by atoms with Gasteiger partial charge in [-0.15, -0.1) is 0 Å². The van der Waals surface area contributed by atoms with Crippen molar-refractivity contribution in [1.29, 1.82) is 0 Å². The van der Waals surface area contributed by atoms with Crippen molar-refractivity contribution in [2.75, 3.05) is 20.1 Å². The molecule has 1 aromatic heterocycles. The Morgan fingerprint density at radius 2 is 1.87 bits per heavy atom. The van der Waals surface area contributed by atoms with E-state index in [0.29, 0.717) is 19.0 Å². The molecule has 0 unspecified atom stereocenters. The number of piperidine rings is 1. The molecule has 0 radical (unpaired) electrons. The molecule has 1 saturated heterocycles. The number of hydrogen-bond acceptors (Lipinski definition) is 7. The first-order valence-electron chi connectivity index (χ1n) is 9.61. The lowest BCUT2D eigenvalue weighted by Crippen LogP contribution is -2.44. The molecule has 11 heteroatoms. The summed E-state index contributed by atoms with van der Waals surface area (Å²) in [6.45, 7) is 2.96. The zero-order chi connectivity index (χ0) is 22.6.